The van der Waals surface area contributed by atoms with Crippen LogP contribution >= 0.6 is 0 Å². The molecule has 0 spiro atoms. The molecular weight excluding hydrogens is 347 g/mol. The van der Waals surface area contributed by atoms with Gasteiger partial charge in [-0.1, -0.05) is 6.07 Å². The minimum atomic E-state index is -4.42. The first-order chi connectivity index (χ1) is 12.3. The van der Waals surface area contributed by atoms with Crippen molar-refractivity contribution in [1.29, 1.82) is 0 Å². The van der Waals surface area contributed by atoms with Crippen LogP contribution in [0.3, 0.4) is 0 Å². The van der Waals surface area contributed by atoms with Gasteiger partial charge in [0.1, 0.15) is 0 Å². The lowest BCUT2D eigenvalue weighted by Gasteiger charge is -2.09. The molecule has 0 aliphatic heterocycles. The van der Waals surface area contributed by atoms with Crippen molar-refractivity contribution in [3.63, 3.8) is 0 Å². The Morgan fingerprint density at radius 2 is 1.77 bits per heavy atom. The van der Waals surface area contributed by atoms with E-state index in [9.17, 15) is 22.8 Å². The molecule has 1 aromatic heterocycles. The van der Waals surface area contributed by atoms with Crippen LogP contribution in [0, 0.1) is 11.8 Å². The SMILES string of the molecule is O=C(NCc1cccnc1)C1CC1C(=O)Nc1ccc(C(F)(F)F)cc1. The van der Waals surface area contributed by atoms with E-state index in [1.165, 1.54) is 12.1 Å². The number of hydrogen-bond donors (Lipinski definition) is 2. The number of aromatic nitrogens is 1. The Morgan fingerprint density at radius 1 is 1.08 bits per heavy atom. The maximum Gasteiger partial charge on any atom is 0.416 e. The molecule has 0 radical (unpaired) electrons. The van der Waals surface area contributed by atoms with E-state index in [-0.39, 0.29) is 17.5 Å². The first-order valence-electron chi connectivity index (χ1n) is 7.99. The van der Waals surface area contributed by atoms with Gasteiger partial charge in [-0.25, -0.2) is 0 Å². The van der Waals surface area contributed by atoms with Gasteiger partial charge in [-0.3, -0.25) is 14.6 Å². The number of nitrogens with one attached hydrogen (secondary N) is 2. The van der Waals surface area contributed by atoms with Crippen LogP contribution < -0.4 is 10.6 Å². The Labute approximate surface area is 147 Å². The molecule has 2 atom stereocenters. The Kier molecular flexibility index (Phi) is 4.92. The number of halogens is 3. The zero-order chi connectivity index (χ0) is 18.7. The third-order valence-corrected chi connectivity index (χ3v) is 4.13. The molecule has 5 nitrogen and oxygen atoms in total. The lowest BCUT2D eigenvalue weighted by molar-refractivity contribution is -0.137. The summed E-state index contributed by atoms with van der Waals surface area (Å²) >= 11 is 0. The van der Waals surface area contributed by atoms with Gasteiger partial charge in [0.2, 0.25) is 11.8 Å². The second-order valence-corrected chi connectivity index (χ2v) is 6.09. The molecule has 2 N–H and O–H groups in total. The summed E-state index contributed by atoms with van der Waals surface area (Å²) in [5.74, 6) is -1.47. The Morgan fingerprint density at radius 3 is 2.38 bits per heavy atom. The van der Waals surface area contributed by atoms with Gasteiger partial charge in [0.15, 0.2) is 0 Å². The van der Waals surface area contributed by atoms with Gasteiger partial charge in [0.05, 0.1) is 17.4 Å². The van der Waals surface area contributed by atoms with E-state index >= 15 is 0 Å². The fraction of sp³-hybridized carbons (Fsp3) is 0.278. The Balaban J connectivity index is 1.48. The average molecular weight is 363 g/mol. The first-order valence-corrected chi connectivity index (χ1v) is 7.99. The zero-order valence-corrected chi connectivity index (χ0v) is 13.6. The van der Waals surface area contributed by atoms with E-state index in [2.05, 4.69) is 15.6 Å². The van der Waals surface area contributed by atoms with Crippen molar-refractivity contribution < 1.29 is 22.8 Å². The van der Waals surface area contributed by atoms with Crippen LogP contribution in [0.1, 0.15) is 17.5 Å². The highest BCUT2D eigenvalue weighted by Gasteiger charge is 2.47. The van der Waals surface area contributed by atoms with Crippen LogP contribution in [0.5, 0.6) is 0 Å². The van der Waals surface area contributed by atoms with Crippen LogP contribution in [-0.4, -0.2) is 16.8 Å². The minimum absolute atomic E-state index is 0.221. The largest absolute Gasteiger partial charge is 0.416 e. The molecule has 0 bridgehead atoms. The van der Waals surface area contributed by atoms with Crippen molar-refractivity contribution in [2.45, 2.75) is 19.1 Å². The molecule has 1 fully saturated rings. The summed E-state index contributed by atoms with van der Waals surface area (Å²) < 4.78 is 37.6. The van der Waals surface area contributed by atoms with E-state index in [4.69, 9.17) is 0 Å². The zero-order valence-electron chi connectivity index (χ0n) is 13.6. The number of carbonyl (C=O) groups excluding carboxylic acids is 2. The normalized spacial score (nSPS) is 18.9. The topological polar surface area (TPSA) is 71.1 Å². The number of nitrogens with zero attached hydrogens (tertiary/aromatic N) is 1. The predicted octanol–water partition coefficient (Wildman–Crippen LogP) is 2.99. The lowest BCUT2D eigenvalue weighted by Crippen LogP contribution is -2.27. The molecule has 2 aromatic rings. The van der Waals surface area contributed by atoms with E-state index in [1.54, 1.807) is 18.5 Å². The van der Waals surface area contributed by atoms with Gasteiger partial charge in [-0.2, -0.15) is 13.2 Å². The van der Waals surface area contributed by atoms with E-state index in [0.717, 1.165) is 17.7 Å². The number of amides is 2. The molecule has 26 heavy (non-hydrogen) atoms. The molecule has 1 aliphatic carbocycles. The quantitative estimate of drug-likeness (QED) is 0.858. The molecule has 1 aromatic carbocycles. The van der Waals surface area contributed by atoms with Crippen molar-refractivity contribution in [2.75, 3.05) is 5.32 Å². The highest BCUT2D eigenvalue weighted by Crippen LogP contribution is 2.39. The number of benzene rings is 1. The third-order valence-electron chi connectivity index (χ3n) is 4.13. The average Bonchev–Trinajstić information content (AvgIpc) is 3.41. The van der Waals surface area contributed by atoms with E-state index < -0.39 is 23.6 Å². The summed E-state index contributed by atoms with van der Waals surface area (Å²) in [4.78, 5) is 28.1. The van der Waals surface area contributed by atoms with E-state index in [1.807, 2.05) is 6.07 Å². The predicted molar refractivity (Wildman–Crippen MR) is 87.8 cm³/mol. The summed E-state index contributed by atoms with van der Waals surface area (Å²) in [5.41, 5.74) is 0.339. The third kappa shape index (κ3) is 4.38. The highest BCUT2D eigenvalue weighted by molar-refractivity contribution is 5.99. The number of rotatable bonds is 5. The molecule has 1 aliphatic rings. The van der Waals surface area contributed by atoms with Gasteiger partial charge in [-0.05, 0) is 42.3 Å². The van der Waals surface area contributed by atoms with Gasteiger partial charge in [0.25, 0.3) is 0 Å². The summed E-state index contributed by atoms with van der Waals surface area (Å²) in [6, 6.07) is 7.79. The molecular formula is C18H16F3N3O2. The minimum Gasteiger partial charge on any atom is -0.352 e. The molecule has 3 rings (SSSR count). The molecule has 2 amide bonds. The number of alkyl halides is 3. The number of anilines is 1. The second kappa shape index (κ2) is 7.15. The number of hydrogen-bond acceptors (Lipinski definition) is 3. The molecule has 136 valence electrons. The Bertz CT molecular complexity index is 792. The lowest BCUT2D eigenvalue weighted by atomic mass is 10.2. The summed E-state index contributed by atoms with van der Waals surface area (Å²) in [5, 5.41) is 5.29. The van der Waals surface area contributed by atoms with Crippen molar-refractivity contribution >= 4 is 17.5 Å². The maximum absolute atomic E-state index is 12.5. The van der Waals surface area contributed by atoms with Gasteiger partial charge >= 0.3 is 6.18 Å². The van der Waals surface area contributed by atoms with Gasteiger partial charge in [0, 0.05) is 24.6 Å². The number of pyridine rings is 1. The molecule has 1 saturated carbocycles. The molecule has 8 heteroatoms. The molecule has 2 unspecified atom stereocenters. The Hall–Kier alpha value is -2.90. The highest BCUT2D eigenvalue weighted by atomic mass is 19.4. The van der Waals surface area contributed by atoms with Crippen molar-refractivity contribution in [2.24, 2.45) is 11.8 Å². The van der Waals surface area contributed by atoms with E-state index in [0.29, 0.717) is 13.0 Å². The summed E-state index contributed by atoms with van der Waals surface area (Å²) in [7, 11) is 0. The summed E-state index contributed by atoms with van der Waals surface area (Å²) in [6.07, 6.45) is -0.725. The number of carbonyl (C=O) groups is 2. The van der Waals surface area contributed by atoms with Crippen LogP contribution in [0.25, 0.3) is 0 Å². The standard InChI is InChI=1S/C18H16F3N3O2/c19-18(20,21)12-3-5-13(6-4-12)24-17(26)15-8-14(15)16(25)23-10-11-2-1-7-22-9-11/h1-7,9,14-15H,8,10H2,(H,23,25)(H,24,26). The second-order valence-electron chi connectivity index (χ2n) is 6.09. The van der Waals surface area contributed by atoms with Crippen LogP contribution in [0.4, 0.5) is 18.9 Å². The fourth-order valence-electron chi connectivity index (χ4n) is 2.58. The monoisotopic (exact) mass is 363 g/mol. The molecule has 1 heterocycles. The smallest absolute Gasteiger partial charge is 0.352 e. The summed E-state index contributed by atoms with van der Waals surface area (Å²) in [6.45, 7) is 0.330. The van der Waals surface area contributed by atoms with Crippen LogP contribution in [0.2, 0.25) is 0 Å². The fourth-order valence-corrected chi connectivity index (χ4v) is 2.58. The maximum atomic E-state index is 12.5. The van der Waals surface area contributed by atoms with Crippen molar-refractivity contribution in [3.05, 3.63) is 59.9 Å². The van der Waals surface area contributed by atoms with Crippen LogP contribution in [-0.2, 0) is 22.3 Å². The van der Waals surface area contributed by atoms with Crippen molar-refractivity contribution in [1.82, 2.24) is 10.3 Å². The van der Waals surface area contributed by atoms with Gasteiger partial charge in [-0.15, -0.1) is 0 Å². The molecule has 0 saturated heterocycles. The first kappa shape index (κ1) is 17.9. The van der Waals surface area contributed by atoms with Crippen LogP contribution in [0.15, 0.2) is 48.8 Å². The van der Waals surface area contributed by atoms with Gasteiger partial charge < -0.3 is 10.6 Å². The van der Waals surface area contributed by atoms with Crippen molar-refractivity contribution in [3.8, 4) is 0 Å².